The van der Waals surface area contributed by atoms with Crippen molar-refractivity contribution in [3.05, 3.63) is 30.2 Å². The Hall–Kier alpha value is -1.88. The Kier molecular flexibility index (Phi) is 2.53. The summed E-state index contributed by atoms with van der Waals surface area (Å²) < 4.78 is 5.51. The van der Waals surface area contributed by atoms with Crippen LogP contribution in [-0.4, -0.2) is 42.0 Å². The fraction of sp³-hybridized carbons (Fsp3) is 0.333. The van der Waals surface area contributed by atoms with Crippen LogP contribution in [0.2, 0.25) is 0 Å². The van der Waals surface area contributed by atoms with Gasteiger partial charge in [0.1, 0.15) is 5.52 Å². The van der Waals surface area contributed by atoms with Crippen molar-refractivity contribution < 1.29 is 9.21 Å². The van der Waals surface area contributed by atoms with E-state index >= 15 is 0 Å². The van der Waals surface area contributed by atoms with Crippen molar-refractivity contribution in [1.29, 1.82) is 0 Å². The Morgan fingerprint density at radius 2 is 2.24 bits per heavy atom. The third-order valence-electron chi connectivity index (χ3n) is 2.90. The van der Waals surface area contributed by atoms with Crippen LogP contribution in [-0.2, 0) is 0 Å². The van der Waals surface area contributed by atoms with E-state index in [1.54, 1.807) is 23.2 Å². The van der Waals surface area contributed by atoms with E-state index in [2.05, 4.69) is 10.3 Å². The fourth-order valence-corrected chi connectivity index (χ4v) is 2.00. The number of nitrogens with one attached hydrogen (secondary N) is 1. The van der Waals surface area contributed by atoms with Gasteiger partial charge in [0.15, 0.2) is 11.3 Å². The maximum Gasteiger partial charge on any atom is 0.289 e. The smallest absolute Gasteiger partial charge is 0.289 e. The first-order valence-electron chi connectivity index (χ1n) is 5.69. The van der Waals surface area contributed by atoms with Crippen molar-refractivity contribution in [3.63, 3.8) is 0 Å². The highest BCUT2D eigenvalue weighted by molar-refractivity contribution is 5.95. The molecule has 17 heavy (non-hydrogen) atoms. The molecule has 0 spiro atoms. The molecule has 0 atom stereocenters. The van der Waals surface area contributed by atoms with Crippen molar-refractivity contribution in [2.75, 3.05) is 26.2 Å². The predicted octanol–water partition coefficient (Wildman–Crippen LogP) is 0.873. The minimum absolute atomic E-state index is 0.0514. The van der Waals surface area contributed by atoms with Crippen LogP contribution < -0.4 is 5.32 Å². The summed E-state index contributed by atoms with van der Waals surface area (Å²) >= 11 is 0. The van der Waals surface area contributed by atoms with Crippen molar-refractivity contribution in [1.82, 2.24) is 15.2 Å². The number of pyridine rings is 1. The number of carbonyl (C=O) groups is 1. The minimum Gasteiger partial charge on any atom is -0.449 e. The maximum atomic E-state index is 12.1. The van der Waals surface area contributed by atoms with Crippen molar-refractivity contribution in [3.8, 4) is 0 Å². The highest BCUT2D eigenvalue weighted by Crippen LogP contribution is 2.18. The zero-order valence-electron chi connectivity index (χ0n) is 9.35. The van der Waals surface area contributed by atoms with Crippen LogP contribution in [0.25, 0.3) is 11.1 Å². The van der Waals surface area contributed by atoms with E-state index in [4.69, 9.17) is 4.42 Å². The Morgan fingerprint density at radius 1 is 1.41 bits per heavy atom. The second-order valence-corrected chi connectivity index (χ2v) is 4.04. The molecule has 0 unspecified atom stereocenters. The number of fused-ring (bicyclic) bond motifs is 1. The normalized spacial score (nSPS) is 16.4. The maximum absolute atomic E-state index is 12.1. The van der Waals surface area contributed by atoms with Crippen molar-refractivity contribution in [2.24, 2.45) is 0 Å². The first kappa shape index (κ1) is 10.3. The molecule has 1 aliphatic rings. The van der Waals surface area contributed by atoms with Crippen LogP contribution in [0.1, 0.15) is 10.6 Å². The van der Waals surface area contributed by atoms with Crippen LogP contribution in [0.5, 0.6) is 0 Å². The third kappa shape index (κ3) is 1.89. The van der Waals surface area contributed by atoms with Gasteiger partial charge in [0.05, 0.1) is 0 Å². The monoisotopic (exact) mass is 231 g/mol. The number of aromatic nitrogens is 1. The number of nitrogens with zero attached hydrogens (tertiary/aromatic N) is 2. The number of furan rings is 1. The van der Waals surface area contributed by atoms with Gasteiger partial charge >= 0.3 is 0 Å². The van der Waals surface area contributed by atoms with Crippen molar-refractivity contribution in [2.45, 2.75) is 0 Å². The zero-order chi connectivity index (χ0) is 11.7. The van der Waals surface area contributed by atoms with Gasteiger partial charge in [0, 0.05) is 38.4 Å². The zero-order valence-corrected chi connectivity index (χ0v) is 9.35. The lowest BCUT2D eigenvalue weighted by atomic mass is 10.3. The van der Waals surface area contributed by atoms with Gasteiger partial charge < -0.3 is 14.6 Å². The lowest BCUT2D eigenvalue weighted by Crippen LogP contribution is -2.46. The number of hydrogen-bond acceptors (Lipinski definition) is 4. The Bertz CT molecular complexity index is 510. The van der Waals surface area contributed by atoms with Gasteiger partial charge in [-0.2, -0.15) is 0 Å². The lowest BCUT2D eigenvalue weighted by molar-refractivity contribution is 0.0706. The fourth-order valence-electron chi connectivity index (χ4n) is 2.00. The topological polar surface area (TPSA) is 58.4 Å². The van der Waals surface area contributed by atoms with E-state index in [0.29, 0.717) is 11.3 Å². The van der Waals surface area contributed by atoms with Crippen LogP contribution in [0.4, 0.5) is 0 Å². The van der Waals surface area contributed by atoms with Gasteiger partial charge in [0.2, 0.25) is 0 Å². The number of hydrogen-bond donors (Lipinski definition) is 1. The molecule has 3 rings (SSSR count). The summed E-state index contributed by atoms with van der Waals surface area (Å²) in [5.41, 5.74) is 1.39. The molecule has 2 aromatic rings. The van der Waals surface area contributed by atoms with E-state index < -0.39 is 0 Å². The molecule has 0 saturated carbocycles. The highest BCUT2D eigenvalue weighted by atomic mass is 16.3. The number of carbonyl (C=O) groups excluding carboxylic acids is 1. The third-order valence-corrected chi connectivity index (χ3v) is 2.90. The first-order valence-corrected chi connectivity index (χ1v) is 5.69. The van der Waals surface area contributed by atoms with Gasteiger partial charge in [-0.25, -0.2) is 0 Å². The molecule has 5 heteroatoms. The summed E-state index contributed by atoms with van der Waals surface area (Å²) in [6, 6.07) is 5.32. The molecule has 1 fully saturated rings. The molecule has 1 N–H and O–H groups in total. The standard InChI is InChI=1S/C12H13N3O2/c16-12(15-6-4-13-5-7-15)11-8-9-10(17-11)2-1-3-14-9/h1-3,8,13H,4-7H2. The average Bonchev–Trinajstić information content (AvgIpc) is 2.82. The molecule has 88 valence electrons. The SMILES string of the molecule is O=C(c1cc2ncccc2o1)N1CCNCC1. The lowest BCUT2D eigenvalue weighted by Gasteiger charge is -2.26. The van der Waals surface area contributed by atoms with Gasteiger partial charge in [-0.05, 0) is 12.1 Å². The van der Waals surface area contributed by atoms with Gasteiger partial charge in [-0.3, -0.25) is 9.78 Å². The molecule has 0 bridgehead atoms. The van der Waals surface area contributed by atoms with Crippen LogP contribution in [0.3, 0.4) is 0 Å². The highest BCUT2D eigenvalue weighted by Gasteiger charge is 2.21. The molecule has 1 aliphatic heterocycles. The van der Waals surface area contributed by atoms with Crippen molar-refractivity contribution >= 4 is 17.0 Å². The van der Waals surface area contributed by atoms with E-state index in [9.17, 15) is 4.79 Å². The number of piperazine rings is 1. The Balaban J connectivity index is 1.89. The molecule has 0 aromatic carbocycles. The van der Waals surface area contributed by atoms with E-state index in [1.807, 2.05) is 6.07 Å². The second kappa shape index (κ2) is 4.18. The summed E-state index contributed by atoms with van der Waals surface area (Å²) in [7, 11) is 0. The van der Waals surface area contributed by atoms with Crippen LogP contribution >= 0.6 is 0 Å². The number of rotatable bonds is 1. The molecule has 2 aromatic heterocycles. The molecule has 5 nitrogen and oxygen atoms in total. The molecular formula is C12H13N3O2. The molecule has 1 amide bonds. The molecule has 3 heterocycles. The summed E-state index contributed by atoms with van der Waals surface area (Å²) in [5, 5.41) is 3.21. The second-order valence-electron chi connectivity index (χ2n) is 4.04. The average molecular weight is 231 g/mol. The van der Waals surface area contributed by atoms with E-state index in [-0.39, 0.29) is 5.91 Å². The molecule has 1 saturated heterocycles. The van der Waals surface area contributed by atoms with Crippen LogP contribution in [0, 0.1) is 0 Å². The summed E-state index contributed by atoms with van der Waals surface area (Å²) in [6.45, 7) is 3.13. The minimum atomic E-state index is -0.0514. The number of amides is 1. The first-order chi connectivity index (χ1) is 8.34. The summed E-state index contributed by atoms with van der Waals surface area (Å²) in [5.74, 6) is 0.324. The van der Waals surface area contributed by atoms with Gasteiger partial charge in [-0.1, -0.05) is 0 Å². The summed E-state index contributed by atoms with van der Waals surface area (Å²) in [6.07, 6.45) is 1.69. The van der Waals surface area contributed by atoms with E-state index in [1.165, 1.54) is 0 Å². The summed E-state index contributed by atoms with van der Waals surface area (Å²) in [4.78, 5) is 18.1. The predicted molar refractivity (Wildman–Crippen MR) is 62.8 cm³/mol. The Labute approximate surface area is 98.4 Å². The quantitative estimate of drug-likeness (QED) is 0.791. The van der Waals surface area contributed by atoms with Gasteiger partial charge in [0.25, 0.3) is 5.91 Å². The van der Waals surface area contributed by atoms with E-state index in [0.717, 1.165) is 31.7 Å². The molecular weight excluding hydrogens is 218 g/mol. The van der Waals surface area contributed by atoms with Gasteiger partial charge in [-0.15, -0.1) is 0 Å². The largest absolute Gasteiger partial charge is 0.449 e. The van der Waals surface area contributed by atoms with Crippen LogP contribution in [0.15, 0.2) is 28.8 Å². The Morgan fingerprint density at radius 3 is 3.00 bits per heavy atom. The molecule has 0 radical (unpaired) electrons. The molecule has 0 aliphatic carbocycles.